The number of para-hydroxylation sites is 1. The highest BCUT2D eigenvalue weighted by Crippen LogP contribution is 2.40. The average Bonchev–Trinajstić information content (AvgIpc) is 3.55. The predicted molar refractivity (Wildman–Crippen MR) is 133 cm³/mol. The molecule has 9 nitrogen and oxygen atoms in total. The van der Waals surface area contributed by atoms with Crippen LogP contribution in [0.2, 0.25) is 0 Å². The minimum Gasteiger partial charge on any atom is -0.354 e. The van der Waals surface area contributed by atoms with Crippen molar-refractivity contribution in [2.75, 3.05) is 18.9 Å². The fourth-order valence-corrected chi connectivity index (χ4v) is 6.01. The molecule has 3 amide bonds. The first-order chi connectivity index (χ1) is 16.1. The molecule has 5 rings (SSSR count). The third-order valence-electron chi connectivity index (χ3n) is 4.63. The first kappa shape index (κ1) is 21.4. The molecule has 0 unspecified atom stereocenters. The second-order valence-electron chi connectivity index (χ2n) is 6.81. The minimum atomic E-state index is -0.376. The normalized spacial score (nSPS) is 11.1. The number of carbonyl (C=O) groups excluding carboxylic acids is 2. The number of carbonyl (C=O) groups is 2. The summed E-state index contributed by atoms with van der Waals surface area (Å²) in [5, 5.41) is 12.0. The number of nitrogens with one attached hydrogen (secondary N) is 3. The van der Waals surface area contributed by atoms with Gasteiger partial charge in [0.05, 0.1) is 15.1 Å². The van der Waals surface area contributed by atoms with Crippen molar-refractivity contribution in [2.24, 2.45) is 0 Å². The number of nitrogens with zero attached hydrogens (tertiary/aromatic N) is 4. The summed E-state index contributed by atoms with van der Waals surface area (Å²) in [6, 6.07) is 9.47. The molecule has 5 aromatic rings. The van der Waals surface area contributed by atoms with E-state index in [2.05, 4.69) is 30.9 Å². The number of thiophene rings is 1. The zero-order chi connectivity index (χ0) is 22.9. The van der Waals surface area contributed by atoms with Crippen molar-refractivity contribution >= 4 is 72.3 Å². The number of thiazole rings is 2. The molecular formula is C21H17N7O2S3. The quantitative estimate of drug-likeness (QED) is 0.328. The maximum atomic E-state index is 12.1. The van der Waals surface area contributed by atoms with Gasteiger partial charge in [-0.25, -0.2) is 24.7 Å². The lowest BCUT2D eigenvalue weighted by Crippen LogP contribution is -2.29. The Balaban J connectivity index is 1.65. The summed E-state index contributed by atoms with van der Waals surface area (Å²) in [4.78, 5) is 44.0. The van der Waals surface area contributed by atoms with Gasteiger partial charge in [0.25, 0.3) is 5.91 Å². The van der Waals surface area contributed by atoms with E-state index in [9.17, 15) is 9.59 Å². The van der Waals surface area contributed by atoms with Gasteiger partial charge >= 0.3 is 6.03 Å². The van der Waals surface area contributed by atoms with Gasteiger partial charge in [-0.1, -0.05) is 12.1 Å². The number of aromatic nitrogens is 4. The van der Waals surface area contributed by atoms with E-state index in [1.165, 1.54) is 34.0 Å². The Bertz CT molecular complexity index is 1470. The molecule has 0 atom stereocenters. The van der Waals surface area contributed by atoms with Crippen LogP contribution in [0.25, 0.3) is 41.0 Å². The lowest BCUT2D eigenvalue weighted by atomic mass is 10.2. The molecule has 0 fully saturated rings. The number of benzene rings is 1. The number of amides is 3. The van der Waals surface area contributed by atoms with Crippen molar-refractivity contribution in [3.8, 4) is 20.6 Å². The van der Waals surface area contributed by atoms with Crippen molar-refractivity contribution < 1.29 is 9.59 Å². The molecule has 0 spiro atoms. The zero-order valence-electron chi connectivity index (χ0n) is 17.5. The van der Waals surface area contributed by atoms with Gasteiger partial charge in [0.1, 0.15) is 26.2 Å². The van der Waals surface area contributed by atoms with Crippen LogP contribution in [0, 0.1) is 0 Å². The third kappa shape index (κ3) is 4.15. The third-order valence-corrected chi connectivity index (χ3v) is 7.71. The largest absolute Gasteiger partial charge is 0.354 e. The van der Waals surface area contributed by atoms with Crippen LogP contribution in [0.1, 0.15) is 17.4 Å². The van der Waals surface area contributed by atoms with Gasteiger partial charge in [-0.15, -0.1) is 34.0 Å². The molecule has 0 saturated carbocycles. The van der Waals surface area contributed by atoms with Crippen LogP contribution in [0.3, 0.4) is 0 Å². The van der Waals surface area contributed by atoms with Crippen LogP contribution in [0.5, 0.6) is 0 Å². The van der Waals surface area contributed by atoms with Gasteiger partial charge < -0.3 is 10.6 Å². The second kappa shape index (κ2) is 8.81. The summed E-state index contributed by atoms with van der Waals surface area (Å²) in [5.41, 5.74) is 1.89. The first-order valence-electron chi connectivity index (χ1n) is 9.96. The molecule has 1 aromatic carbocycles. The highest BCUT2D eigenvalue weighted by atomic mass is 32.1. The molecule has 0 saturated heterocycles. The van der Waals surface area contributed by atoms with E-state index in [1.807, 2.05) is 37.3 Å². The van der Waals surface area contributed by atoms with Crippen molar-refractivity contribution in [2.45, 2.75) is 6.92 Å². The molecule has 12 heteroatoms. The minimum absolute atomic E-state index is 0.196. The monoisotopic (exact) mass is 495 g/mol. The van der Waals surface area contributed by atoms with E-state index in [-0.39, 0.29) is 17.9 Å². The molecule has 0 aliphatic rings. The lowest BCUT2D eigenvalue weighted by Gasteiger charge is -2.06. The van der Waals surface area contributed by atoms with Gasteiger partial charge in [-0.05, 0) is 25.1 Å². The summed E-state index contributed by atoms with van der Waals surface area (Å²) in [5.74, 6) is -0.0386. The van der Waals surface area contributed by atoms with E-state index in [0.29, 0.717) is 27.8 Å². The van der Waals surface area contributed by atoms with Crippen molar-refractivity contribution in [1.82, 2.24) is 30.6 Å². The smallest absolute Gasteiger partial charge is 0.321 e. The Kier molecular flexibility index (Phi) is 5.70. The Hall–Kier alpha value is -3.48. The first-order valence-corrected chi connectivity index (χ1v) is 12.5. The van der Waals surface area contributed by atoms with Crippen LogP contribution < -0.4 is 16.0 Å². The molecule has 0 radical (unpaired) electrons. The Morgan fingerprint density at radius 2 is 1.88 bits per heavy atom. The molecule has 0 bridgehead atoms. The van der Waals surface area contributed by atoms with Crippen molar-refractivity contribution in [3.05, 3.63) is 41.4 Å². The molecule has 166 valence electrons. The van der Waals surface area contributed by atoms with Crippen LogP contribution >= 0.6 is 34.0 Å². The summed E-state index contributed by atoms with van der Waals surface area (Å²) in [6.07, 6.45) is 0. The Morgan fingerprint density at radius 3 is 2.67 bits per heavy atom. The average molecular weight is 496 g/mol. The maximum Gasteiger partial charge on any atom is 0.321 e. The predicted octanol–water partition coefficient (Wildman–Crippen LogP) is 4.59. The molecular weight excluding hydrogens is 478 g/mol. The SMILES string of the molecule is CCNC(=O)Nc1nc(-c2nc3ccccc3s2)c2cc(-c3nc(C(=O)NC)cs3)sc2n1. The molecule has 4 aromatic heterocycles. The second-order valence-corrected chi connectivity index (χ2v) is 9.73. The number of fused-ring (bicyclic) bond motifs is 2. The standard InChI is InChI=1S/C21H17N7O2S3/c1-3-23-21(30)28-20-26-15(19-24-11-6-4-5-7-13(11)32-19)10-8-14(33-17(10)27-20)18-25-12(9-31-18)16(29)22-2/h4-9H,3H2,1-2H3,(H,22,29)(H2,23,26,27,28,30). The molecule has 33 heavy (non-hydrogen) atoms. The van der Waals surface area contributed by atoms with Crippen LogP contribution in [0.4, 0.5) is 10.7 Å². The summed E-state index contributed by atoms with van der Waals surface area (Å²) < 4.78 is 1.04. The topological polar surface area (TPSA) is 122 Å². The van der Waals surface area contributed by atoms with E-state index < -0.39 is 0 Å². The van der Waals surface area contributed by atoms with E-state index >= 15 is 0 Å². The van der Waals surface area contributed by atoms with Crippen LogP contribution in [-0.2, 0) is 0 Å². The van der Waals surface area contributed by atoms with Gasteiger partial charge in [-0.3, -0.25) is 10.1 Å². The maximum absolute atomic E-state index is 12.1. The Morgan fingerprint density at radius 1 is 1.03 bits per heavy atom. The van der Waals surface area contributed by atoms with Crippen molar-refractivity contribution in [3.63, 3.8) is 0 Å². The molecule has 0 aliphatic heterocycles. The van der Waals surface area contributed by atoms with Gasteiger partial charge in [-0.2, -0.15) is 0 Å². The lowest BCUT2D eigenvalue weighted by molar-refractivity contribution is 0.0959. The molecule has 3 N–H and O–H groups in total. The number of hydrogen-bond acceptors (Lipinski definition) is 9. The zero-order valence-corrected chi connectivity index (χ0v) is 20.0. The number of hydrogen-bond donors (Lipinski definition) is 3. The van der Waals surface area contributed by atoms with E-state index in [1.54, 1.807) is 12.4 Å². The van der Waals surface area contributed by atoms with Gasteiger partial charge in [0.2, 0.25) is 5.95 Å². The van der Waals surface area contributed by atoms with E-state index in [0.717, 1.165) is 25.5 Å². The van der Waals surface area contributed by atoms with Crippen LogP contribution in [-0.4, -0.2) is 45.5 Å². The fraction of sp³-hybridized carbons (Fsp3) is 0.143. The highest BCUT2D eigenvalue weighted by Gasteiger charge is 2.20. The summed E-state index contributed by atoms with van der Waals surface area (Å²) in [6.45, 7) is 2.32. The number of anilines is 1. The van der Waals surface area contributed by atoms with Gasteiger partial charge in [0, 0.05) is 24.4 Å². The van der Waals surface area contributed by atoms with Crippen LogP contribution in [0.15, 0.2) is 35.7 Å². The summed E-state index contributed by atoms with van der Waals surface area (Å²) >= 11 is 4.34. The summed E-state index contributed by atoms with van der Waals surface area (Å²) in [7, 11) is 1.57. The fourth-order valence-electron chi connectivity index (χ4n) is 3.14. The van der Waals surface area contributed by atoms with E-state index in [4.69, 9.17) is 4.98 Å². The Labute approximate surface area is 200 Å². The number of urea groups is 1. The van der Waals surface area contributed by atoms with Gasteiger partial charge in [0.15, 0.2) is 0 Å². The number of rotatable bonds is 5. The van der Waals surface area contributed by atoms with Crippen molar-refractivity contribution in [1.29, 1.82) is 0 Å². The molecule has 4 heterocycles. The molecule has 0 aliphatic carbocycles. The highest BCUT2D eigenvalue weighted by molar-refractivity contribution is 7.25.